The van der Waals surface area contributed by atoms with Gasteiger partial charge in [0.15, 0.2) is 5.54 Å². The van der Waals surface area contributed by atoms with E-state index < -0.39 is 29.3 Å². The van der Waals surface area contributed by atoms with Gasteiger partial charge in [0.2, 0.25) is 5.91 Å². The van der Waals surface area contributed by atoms with Crippen LogP contribution in [0, 0.1) is 5.92 Å². The van der Waals surface area contributed by atoms with E-state index in [0.717, 1.165) is 0 Å². The van der Waals surface area contributed by atoms with Gasteiger partial charge in [-0.2, -0.15) is 0 Å². The van der Waals surface area contributed by atoms with Crippen molar-refractivity contribution >= 4 is 41.0 Å². The number of halogens is 2. The Labute approximate surface area is 236 Å². The molecule has 216 valence electrons. The van der Waals surface area contributed by atoms with E-state index in [0.29, 0.717) is 56.3 Å². The normalized spacial score (nSPS) is 22.6. The third-order valence-corrected chi connectivity index (χ3v) is 8.29. The maximum absolute atomic E-state index is 13.0. The summed E-state index contributed by atoms with van der Waals surface area (Å²) >= 11 is 12.1. The smallest absolute Gasteiger partial charge is 0.336 e. The number of piperazine rings is 1. The van der Waals surface area contributed by atoms with Crippen LogP contribution in [0.2, 0.25) is 10.0 Å². The number of carbonyl (C=O) groups is 3. The van der Waals surface area contributed by atoms with Crippen molar-refractivity contribution < 1.29 is 39.1 Å². The zero-order valence-corrected chi connectivity index (χ0v) is 23.1. The predicted molar refractivity (Wildman–Crippen MR) is 141 cm³/mol. The Balaban J connectivity index is 1.94. The van der Waals surface area contributed by atoms with Crippen LogP contribution in [-0.2, 0) is 25.7 Å². The van der Waals surface area contributed by atoms with E-state index in [1.165, 1.54) is 24.1 Å². The number of carboxylic acid groups (broad SMARTS) is 2. The lowest BCUT2D eigenvalue weighted by Gasteiger charge is -2.45. The zero-order chi connectivity index (χ0) is 29.0. The van der Waals surface area contributed by atoms with Gasteiger partial charge in [0.25, 0.3) is 0 Å². The average molecular weight is 590 g/mol. The molecule has 13 nitrogen and oxygen atoms in total. The summed E-state index contributed by atoms with van der Waals surface area (Å²) in [5.74, 6) is -5.47. The quantitative estimate of drug-likeness (QED) is 0.135. The maximum Gasteiger partial charge on any atom is 0.336 e. The molecule has 1 aromatic rings. The first-order chi connectivity index (χ1) is 18.4. The highest BCUT2D eigenvalue weighted by molar-refractivity contribution is 6.42. The number of carbonyl (C=O) groups excluding carboxylic acids is 1. The number of aliphatic carboxylic acids is 2. The van der Waals surface area contributed by atoms with Gasteiger partial charge in [-0.25, -0.2) is 14.2 Å². The standard InChI is InChI=1S/C24H34Cl2N6O7/c1-30-12-16(22(34)35)20(39-14-15-3-4-18(25)19(26)11-15)24(30,23(36)37)17(21(28)33)13-31-6-9-32(29-38,10-7-31)8-2-5-27/h3-4,11,17,29,38H,2,5-10,12-14,27H2,1H3,(H3-,28,33,34,35,36,37)/p+1. The molecule has 1 aromatic carbocycles. The molecule has 3 rings (SSSR count). The van der Waals surface area contributed by atoms with Crippen LogP contribution in [-0.4, -0.2) is 113 Å². The number of benzene rings is 1. The third kappa shape index (κ3) is 6.31. The van der Waals surface area contributed by atoms with E-state index >= 15 is 0 Å². The number of primary amides is 1. The lowest BCUT2D eigenvalue weighted by atomic mass is 9.80. The van der Waals surface area contributed by atoms with Crippen LogP contribution in [0.3, 0.4) is 0 Å². The van der Waals surface area contributed by atoms with Crippen molar-refractivity contribution in [1.29, 1.82) is 0 Å². The van der Waals surface area contributed by atoms with Crippen LogP contribution in [0.5, 0.6) is 0 Å². The first kappa shape index (κ1) is 31.0. The second kappa shape index (κ2) is 12.8. The number of nitrogens with two attached hydrogens (primary N) is 2. The van der Waals surface area contributed by atoms with Crippen LogP contribution in [0.25, 0.3) is 0 Å². The van der Waals surface area contributed by atoms with Gasteiger partial charge >= 0.3 is 11.9 Å². The lowest BCUT2D eigenvalue weighted by Crippen LogP contribution is -2.68. The Bertz CT molecular complexity index is 1130. The minimum atomic E-state index is -2.17. The van der Waals surface area contributed by atoms with E-state index in [-0.39, 0.29) is 40.6 Å². The van der Waals surface area contributed by atoms with E-state index in [4.69, 9.17) is 39.4 Å². The fourth-order valence-corrected chi connectivity index (χ4v) is 5.66. The molecule has 1 fully saturated rings. The van der Waals surface area contributed by atoms with Crippen LogP contribution in [0.1, 0.15) is 12.0 Å². The number of amides is 1. The zero-order valence-electron chi connectivity index (χ0n) is 21.6. The minimum Gasteiger partial charge on any atom is -0.490 e. The SMILES string of the molecule is CN1CC(C(=O)O)=C(OCc2ccc(Cl)c(Cl)c2)C1(C(=O)O)C(CN1CC[N+](CCCN)(NO)CC1)C(N)=O. The van der Waals surface area contributed by atoms with Crippen molar-refractivity contribution in [3.63, 3.8) is 0 Å². The van der Waals surface area contributed by atoms with Gasteiger partial charge in [0.1, 0.15) is 25.5 Å². The Kier molecular flexibility index (Phi) is 10.2. The number of ether oxygens (including phenoxy) is 1. The minimum absolute atomic E-state index is 0.0686. The number of nitrogens with one attached hydrogen (secondary N) is 1. The molecular formula is C24H35Cl2N6O7+. The van der Waals surface area contributed by atoms with Gasteiger partial charge in [0, 0.05) is 32.6 Å². The molecule has 0 aliphatic carbocycles. The molecule has 0 bridgehead atoms. The number of likely N-dealkylation sites (N-methyl/N-ethyl adjacent to an activating group) is 1. The molecule has 0 radical (unpaired) electrons. The lowest BCUT2D eigenvalue weighted by molar-refractivity contribution is -0.997. The average Bonchev–Trinajstić information content (AvgIpc) is 3.20. The first-order valence-electron chi connectivity index (χ1n) is 12.4. The van der Waals surface area contributed by atoms with Crippen molar-refractivity contribution in [2.75, 3.05) is 59.4 Å². The summed E-state index contributed by atoms with van der Waals surface area (Å²) in [4.78, 5) is 41.2. The van der Waals surface area contributed by atoms with Gasteiger partial charge in [-0.05, 0) is 36.9 Å². The van der Waals surface area contributed by atoms with Crippen LogP contribution in [0.15, 0.2) is 29.5 Å². The van der Waals surface area contributed by atoms with E-state index in [1.807, 2.05) is 4.90 Å². The van der Waals surface area contributed by atoms with Gasteiger partial charge in [-0.15, -0.1) is 0 Å². The van der Waals surface area contributed by atoms with Crippen LogP contribution < -0.4 is 17.1 Å². The molecule has 8 N–H and O–H groups in total. The highest BCUT2D eigenvalue weighted by Gasteiger charge is 2.62. The summed E-state index contributed by atoms with van der Waals surface area (Å²) < 4.78 is 6.12. The molecule has 15 heteroatoms. The molecular weight excluding hydrogens is 555 g/mol. The first-order valence-corrected chi connectivity index (χ1v) is 13.1. The number of hydrogen-bond donors (Lipinski definition) is 6. The Morgan fingerprint density at radius 3 is 2.38 bits per heavy atom. The topological polar surface area (TPSA) is 192 Å². The van der Waals surface area contributed by atoms with Crippen molar-refractivity contribution in [2.45, 2.75) is 18.6 Å². The second-order valence-corrected chi connectivity index (χ2v) is 10.7. The Morgan fingerprint density at radius 2 is 1.87 bits per heavy atom. The third-order valence-electron chi connectivity index (χ3n) is 7.55. The second-order valence-electron chi connectivity index (χ2n) is 9.89. The summed E-state index contributed by atoms with van der Waals surface area (Å²) in [6.07, 6.45) is 0.687. The predicted octanol–water partition coefficient (Wildman–Crippen LogP) is 0.0940. The summed E-state index contributed by atoms with van der Waals surface area (Å²) in [7, 11) is 1.42. The number of hydrogen-bond acceptors (Lipinski definition) is 9. The number of rotatable bonds is 13. The molecule has 1 saturated heterocycles. The Hall–Kier alpha value is -2.49. The molecule has 2 heterocycles. The van der Waals surface area contributed by atoms with Gasteiger partial charge < -0.3 is 26.4 Å². The maximum atomic E-state index is 13.0. The van der Waals surface area contributed by atoms with Crippen molar-refractivity contribution in [3.8, 4) is 0 Å². The fraction of sp³-hybridized carbons (Fsp3) is 0.542. The number of nitrogens with zero attached hydrogens (tertiary/aromatic N) is 3. The van der Waals surface area contributed by atoms with E-state index in [2.05, 4.69) is 5.59 Å². The van der Waals surface area contributed by atoms with Crippen LogP contribution in [0.4, 0.5) is 0 Å². The van der Waals surface area contributed by atoms with E-state index in [9.17, 15) is 29.8 Å². The Morgan fingerprint density at radius 1 is 1.21 bits per heavy atom. The summed E-state index contributed by atoms with van der Waals surface area (Å²) in [5.41, 5.74) is 11.8. The van der Waals surface area contributed by atoms with Crippen LogP contribution >= 0.6 is 23.2 Å². The molecule has 0 spiro atoms. The van der Waals surface area contributed by atoms with Crippen molar-refractivity contribution in [1.82, 2.24) is 15.4 Å². The molecule has 2 aliphatic heterocycles. The van der Waals surface area contributed by atoms with Crippen molar-refractivity contribution in [2.24, 2.45) is 17.4 Å². The highest BCUT2D eigenvalue weighted by atomic mass is 35.5. The van der Waals surface area contributed by atoms with Crippen molar-refractivity contribution in [3.05, 3.63) is 45.1 Å². The summed E-state index contributed by atoms with van der Waals surface area (Å²) in [6, 6.07) is 4.67. The highest BCUT2D eigenvalue weighted by Crippen LogP contribution is 2.42. The summed E-state index contributed by atoms with van der Waals surface area (Å²) in [5, 5.41) is 30.8. The van der Waals surface area contributed by atoms with Gasteiger partial charge in [0.05, 0.1) is 28.1 Å². The fourth-order valence-electron chi connectivity index (χ4n) is 5.34. The number of quaternary nitrogens is 1. The number of carboxylic acids is 2. The van der Waals surface area contributed by atoms with Gasteiger partial charge in [-0.1, -0.05) is 29.3 Å². The van der Waals surface area contributed by atoms with E-state index in [1.54, 1.807) is 6.07 Å². The molecule has 1 amide bonds. The molecule has 2 atom stereocenters. The largest absolute Gasteiger partial charge is 0.490 e. The summed E-state index contributed by atoms with van der Waals surface area (Å²) in [6.45, 7) is 2.25. The molecule has 0 saturated carbocycles. The molecule has 39 heavy (non-hydrogen) atoms. The molecule has 2 unspecified atom stereocenters. The molecule has 2 aliphatic rings. The molecule has 0 aromatic heterocycles. The van der Waals surface area contributed by atoms with Gasteiger partial charge in [-0.3, -0.25) is 19.8 Å². The monoisotopic (exact) mass is 589 g/mol.